The summed E-state index contributed by atoms with van der Waals surface area (Å²) >= 11 is 0. The van der Waals surface area contributed by atoms with Gasteiger partial charge in [-0.1, -0.05) is 0 Å². The van der Waals surface area contributed by atoms with Gasteiger partial charge in [0.15, 0.2) is 11.5 Å². The molecule has 0 unspecified atom stereocenters. The van der Waals surface area contributed by atoms with Gasteiger partial charge in [-0.3, -0.25) is 14.5 Å². The van der Waals surface area contributed by atoms with Crippen LogP contribution in [0.4, 0.5) is 5.82 Å². The Morgan fingerprint density at radius 3 is 2.60 bits per heavy atom. The SMILES string of the molecule is Nc1ncnc2c1ncn2CCCN1C(=O)CCC1=O. The first-order valence-electron chi connectivity index (χ1n) is 6.41. The molecule has 0 bridgehead atoms. The zero-order chi connectivity index (χ0) is 14.1. The highest BCUT2D eigenvalue weighted by Gasteiger charge is 2.27. The number of imidazole rings is 1. The predicted octanol–water partition coefficient (Wildman–Crippen LogP) is -0.0524. The molecule has 0 spiro atoms. The average molecular weight is 274 g/mol. The van der Waals surface area contributed by atoms with Gasteiger partial charge in [-0.05, 0) is 6.42 Å². The Morgan fingerprint density at radius 1 is 1.10 bits per heavy atom. The van der Waals surface area contributed by atoms with Gasteiger partial charge in [0.25, 0.3) is 0 Å². The van der Waals surface area contributed by atoms with E-state index in [2.05, 4.69) is 15.0 Å². The van der Waals surface area contributed by atoms with Gasteiger partial charge < -0.3 is 10.3 Å². The van der Waals surface area contributed by atoms with Crippen LogP contribution in [0.1, 0.15) is 19.3 Å². The van der Waals surface area contributed by atoms with Gasteiger partial charge in [-0.25, -0.2) is 15.0 Å². The number of amides is 2. The van der Waals surface area contributed by atoms with Gasteiger partial charge >= 0.3 is 0 Å². The minimum Gasteiger partial charge on any atom is -0.382 e. The fourth-order valence-corrected chi connectivity index (χ4v) is 2.33. The molecular formula is C12H14N6O2. The number of aryl methyl sites for hydroxylation is 1. The summed E-state index contributed by atoms with van der Waals surface area (Å²) in [4.78, 5) is 36.5. The third-order valence-electron chi connectivity index (χ3n) is 3.37. The van der Waals surface area contributed by atoms with E-state index >= 15 is 0 Å². The van der Waals surface area contributed by atoms with E-state index in [4.69, 9.17) is 5.73 Å². The Labute approximate surface area is 114 Å². The van der Waals surface area contributed by atoms with Crippen LogP contribution in [0, 0.1) is 0 Å². The third kappa shape index (κ3) is 2.09. The molecule has 0 aliphatic carbocycles. The highest BCUT2D eigenvalue weighted by Crippen LogP contribution is 2.15. The first-order valence-corrected chi connectivity index (χ1v) is 6.41. The largest absolute Gasteiger partial charge is 0.382 e. The topological polar surface area (TPSA) is 107 Å². The number of aromatic nitrogens is 4. The number of nitrogen functional groups attached to an aromatic ring is 1. The van der Waals surface area contributed by atoms with Gasteiger partial charge in [0, 0.05) is 25.9 Å². The van der Waals surface area contributed by atoms with Gasteiger partial charge in [-0.15, -0.1) is 0 Å². The number of fused-ring (bicyclic) bond motifs is 1. The van der Waals surface area contributed by atoms with E-state index in [0.717, 1.165) is 0 Å². The molecule has 2 aromatic rings. The van der Waals surface area contributed by atoms with Crippen LogP contribution in [0.25, 0.3) is 11.2 Å². The second-order valence-electron chi connectivity index (χ2n) is 4.66. The van der Waals surface area contributed by atoms with Crippen molar-refractivity contribution in [1.82, 2.24) is 24.4 Å². The lowest BCUT2D eigenvalue weighted by Crippen LogP contribution is -2.30. The highest BCUT2D eigenvalue weighted by molar-refractivity contribution is 6.01. The lowest BCUT2D eigenvalue weighted by atomic mass is 10.3. The molecule has 2 amide bonds. The minimum atomic E-state index is -0.0861. The number of anilines is 1. The molecule has 2 N–H and O–H groups in total. The van der Waals surface area contributed by atoms with Crippen molar-refractivity contribution in [1.29, 1.82) is 0 Å². The Kier molecular flexibility index (Phi) is 3.05. The summed E-state index contributed by atoms with van der Waals surface area (Å²) in [5.41, 5.74) is 6.94. The Bertz CT molecular complexity index is 664. The molecule has 3 rings (SSSR count). The first-order chi connectivity index (χ1) is 9.66. The van der Waals surface area contributed by atoms with Crippen LogP contribution >= 0.6 is 0 Å². The van der Waals surface area contributed by atoms with E-state index in [9.17, 15) is 9.59 Å². The molecule has 1 fully saturated rings. The molecule has 0 aromatic carbocycles. The van der Waals surface area contributed by atoms with E-state index < -0.39 is 0 Å². The standard InChI is InChI=1S/C12H14N6O2/c13-11-10-12(15-6-14-11)17(7-16-10)4-1-5-18-8(19)2-3-9(18)20/h6-7H,1-5H2,(H2,13,14,15). The maximum Gasteiger partial charge on any atom is 0.229 e. The number of carbonyl (C=O) groups excluding carboxylic acids is 2. The summed E-state index contributed by atoms with van der Waals surface area (Å²) in [5, 5.41) is 0. The molecule has 0 saturated carbocycles. The van der Waals surface area contributed by atoms with E-state index in [1.54, 1.807) is 6.33 Å². The molecule has 0 radical (unpaired) electrons. The van der Waals surface area contributed by atoms with Crippen LogP contribution in [0.3, 0.4) is 0 Å². The molecule has 104 valence electrons. The van der Waals surface area contributed by atoms with Crippen molar-refractivity contribution in [2.24, 2.45) is 0 Å². The van der Waals surface area contributed by atoms with E-state index in [1.165, 1.54) is 11.2 Å². The van der Waals surface area contributed by atoms with Crippen LogP contribution in [-0.4, -0.2) is 42.8 Å². The van der Waals surface area contributed by atoms with E-state index in [1.807, 2.05) is 4.57 Å². The summed E-state index contributed by atoms with van der Waals surface area (Å²) in [6.07, 6.45) is 4.35. The number of nitrogens with zero attached hydrogens (tertiary/aromatic N) is 5. The summed E-state index contributed by atoms with van der Waals surface area (Å²) in [5.74, 6) is 0.174. The zero-order valence-corrected chi connectivity index (χ0v) is 10.8. The number of hydrogen-bond acceptors (Lipinski definition) is 6. The second kappa shape index (κ2) is 4.87. The summed E-state index contributed by atoms with van der Waals surface area (Å²) in [6.45, 7) is 1.04. The fraction of sp³-hybridized carbons (Fsp3) is 0.417. The van der Waals surface area contributed by atoms with Gasteiger partial charge in [0.1, 0.15) is 11.8 Å². The molecule has 1 saturated heterocycles. The predicted molar refractivity (Wildman–Crippen MR) is 70.3 cm³/mol. The van der Waals surface area contributed by atoms with Crippen LogP contribution in [-0.2, 0) is 16.1 Å². The molecule has 0 atom stereocenters. The van der Waals surface area contributed by atoms with E-state index in [0.29, 0.717) is 49.3 Å². The van der Waals surface area contributed by atoms with Crippen molar-refractivity contribution in [2.75, 3.05) is 12.3 Å². The Balaban J connectivity index is 1.67. The van der Waals surface area contributed by atoms with Crippen molar-refractivity contribution < 1.29 is 9.59 Å². The number of hydrogen-bond donors (Lipinski definition) is 1. The van der Waals surface area contributed by atoms with Crippen LogP contribution < -0.4 is 5.73 Å². The maximum atomic E-state index is 11.5. The molecule has 1 aliphatic rings. The Morgan fingerprint density at radius 2 is 1.85 bits per heavy atom. The number of rotatable bonds is 4. The van der Waals surface area contributed by atoms with Crippen molar-refractivity contribution in [2.45, 2.75) is 25.8 Å². The highest BCUT2D eigenvalue weighted by atomic mass is 16.2. The molecule has 20 heavy (non-hydrogen) atoms. The number of carbonyl (C=O) groups is 2. The lowest BCUT2D eigenvalue weighted by Gasteiger charge is -2.13. The monoisotopic (exact) mass is 274 g/mol. The fourth-order valence-electron chi connectivity index (χ4n) is 2.33. The molecule has 8 heteroatoms. The van der Waals surface area contributed by atoms with Crippen molar-refractivity contribution in [3.63, 3.8) is 0 Å². The van der Waals surface area contributed by atoms with Crippen LogP contribution in [0.5, 0.6) is 0 Å². The van der Waals surface area contributed by atoms with Gasteiger partial charge in [0.2, 0.25) is 11.8 Å². The van der Waals surface area contributed by atoms with Crippen LogP contribution in [0.15, 0.2) is 12.7 Å². The Hall–Kier alpha value is -2.51. The molecule has 1 aliphatic heterocycles. The average Bonchev–Trinajstić information content (AvgIpc) is 2.98. The summed E-state index contributed by atoms with van der Waals surface area (Å²) < 4.78 is 1.85. The van der Waals surface area contributed by atoms with Crippen molar-refractivity contribution in [3.8, 4) is 0 Å². The quantitative estimate of drug-likeness (QED) is 0.783. The molecule has 2 aromatic heterocycles. The summed E-state index contributed by atoms with van der Waals surface area (Å²) in [6, 6.07) is 0. The zero-order valence-electron chi connectivity index (χ0n) is 10.8. The lowest BCUT2D eigenvalue weighted by molar-refractivity contribution is -0.138. The maximum absolute atomic E-state index is 11.5. The number of likely N-dealkylation sites (tertiary alicyclic amines) is 1. The van der Waals surface area contributed by atoms with E-state index in [-0.39, 0.29) is 11.8 Å². The number of nitrogens with two attached hydrogens (primary N) is 1. The molecular weight excluding hydrogens is 260 g/mol. The summed E-state index contributed by atoms with van der Waals surface area (Å²) in [7, 11) is 0. The second-order valence-corrected chi connectivity index (χ2v) is 4.66. The first kappa shape index (κ1) is 12.5. The smallest absolute Gasteiger partial charge is 0.229 e. The van der Waals surface area contributed by atoms with Gasteiger partial charge in [0.05, 0.1) is 6.33 Å². The third-order valence-corrected chi connectivity index (χ3v) is 3.37. The van der Waals surface area contributed by atoms with Crippen LogP contribution in [0.2, 0.25) is 0 Å². The van der Waals surface area contributed by atoms with Crippen molar-refractivity contribution >= 4 is 28.8 Å². The normalized spacial score (nSPS) is 15.5. The van der Waals surface area contributed by atoms with Crippen molar-refractivity contribution in [3.05, 3.63) is 12.7 Å². The minimum absolute atomic E-state index is 0.0861. The number of imide groups is 1. The van der Waals surface area contributed by atoms with Gasteiger partial charge in [-0.2, -0.15) is 0 Å². The molecule has 3 heterocycles. The molecule has 8 nitrogen and oxygen atoms in total.